The molecule has 1 N–H and O–H groups in total. The van der Waals surface area contributed by atoms with Gasteiger partial charge in [-0.05, 0) is 18.6 Å². The van der Waals surface area contributed by atoms with Gasteiger partial charge in [0.15, 0.2) is 5.78 Å². The summed E-state index contributed by atoms with van der Waals surface area (Å²) in [6.45, 7) is 2.59. The summed E-state index contributed by atoms with van der Waals surface area (Å²) in [7, 11) is 0. The minimum Gasteiger partial charge on any atom is -0.543 e. The van der Waals surface area contributed by atoms with Gasteiger partial charge >= 0.3 is 0 Å². The fourth-order valence-electron chi connectivity index (χ4n) is 2.13. The molecule has 5 heteroatoms. The molecular weight excluding hydrogens is 318 g/mol. The number of carboxylic acids is 1. The van der Waals surface area contributed by atoms with Crippen LogP contribution in [0.2, 0.25) is 0 Å². The number of carboxylic acid groups (broad SMARTS) is 1. The van der Waals surface area contributed by atoms with Gasteiger partial charge in [0.2, 0.25) is 0 Å². The molecule has 2 aromatic carbocycles. The normalized spacial score (nSPS) is 11.0. The van der Waals surface area contributed by atoms with Crippen molar-refractivity contribution in [1.29, 1.82) is 0 Å². The molecule has 0 saturated carbocycles. The van der Waals surface area contributed by atoms with Gasteiger partial charge in [-0.1, -0.05) is 55.8 Å². The Kier molecular flexibility index (Phi) is 6.77. The van der Waals surface area contributed by atoms with Gasteiger partial charge in [-0.3, -0.25) is 4.79 Å². The molecule has 0 aliphatic heterocycles. The zero-order valence-corrected chi connectivity index (χ0v) is 14.0. The number of allylic oxidation sites excluding steroid dienone is 1. The summed E-state index contributed by atoms with van der Waals surface area (Å²) in [5.74, 6) is -1.36. The van der Waals surface area contributed by atoms with E-state index in [-0.39, 0.29) is 5.70 Å². The molecule has 0 bridgehead atoms. The van der Waals surface area contributed by atoms with Crippen molar-refractivity contribution in [3.05, 3.63) is 71.9 Å². The van der Waals surface area contributed by atoms with Gasteiger partial charge in [-0.25, -0.2) is 0 Å². The molecule has 2 aromatic rings. The maximum atomic E-state index is 12.2. The molecule has 0 radical (unpaired) electrons. The first kappa shape index (κ1) is 18.3. The van der Waals surface area contributed by atoms with Crippen LogP contribution < -0.4 is 15.2 Å². The summed E-state index contributed by atoms with van der Waals surface area (Å²) in [5.41, 5.74) is 0.547. The number of carbonyl (C=O) groups excluding carboxylic acids is 2. The third-order valence-electron chi connectivity index (χ3n) is 3.47. The van der Waals surface area contributed by atoms with E-state index in [0.29, 0.717) is 23.6 Å². The summed E-state index contributed by atoms with van der Waals surface area (Å²) in [4.78, 5) is 23.6. The molecular formula is C20H20NO4-. The van der Waals surface area contributed by atoms with Crippen LogP contribution in [0.25, 0.3) is 0 Å². The summed E-state index contributed by atoms with van der Waals surface area (Å²) >= 11 is 0. The quantitative estimate of drug-likeness (QED) is 0.432. The van der Waals surface area contributed by atoms with Gasteiger partial charge in [-0.15, -0.1) is 0 Å². The van der Waals surface area contributed by atoms with Crippen LogP contribution in [0.3, 0.4) is 0 Å². The van der Waals surface area contributed by atoms with E-state index in [0.717, 1.165) is 18.9 Å². The van der Waals surface area contributed by atoms with Gasteiger partial charge in [0, 0.05) is 11.6 Å². The fraction of sp³-hybridized carbons (Fsp3) is 0.200. The number of para-hydroxylation sites is 2. The topological polar surface area (TPSA) is 78.5 Å². The molecule has 0 amide bonds. The molecule has 25 heavy (non-hydrogen) atoms. The van der Waals surface area contributed by atoms with Crippen molar-refractivity contribution in [3.63, 3.8) is 0 Å². The molecule has 2 rings (SSSR count). The lowest BCUT2D eigenvalue weighted by Gasteiger charge is -2.16. The second-order valence-electron chi connectivity index (χ2n) is 5.40. The van der Waals surface area contributed by atoms with Crippen LogP contribution in [0.1, 0.15) is 30.1 Å². The Balaban J connectivity index is 2.21. The summed E-state index contributed by atoms with van der Waals surface area (Å²) in [6, 6.07) is 15.4. The third-order valence-corrected chi connectivity index (χ3v) is 3.47. The second-order valence-corrected chi connectivity index (χ2v) is 5.40. The SMILES string of the molecule is CCCCOc1ccccc1NC(=CC(=O)c1ccccc1)C(=O)[O-]. The first-order valence-electron chi connectivity index (χ1n) is 8.13. The minimum absolute atomic E-state index is 0.319. The molecule has 5 nitrogen and oxygen atoms in total. The second kappa shape index (κ2) is 9.27. The molecule has 0 atom stereocenters. The molecule has 0 fully saturated rings. The number of rotatable bonds is 9. The average molecular weight is 338 g/mol. The lowest BCUT2D eigenvalue weighted by Crippen LogP contribution is -2.29. The van der Waals surface area contributed by atoms with Gasteiger partial charge in [-0.2, -0.15) is 0 Å². The maximum absolute atomic E-state index is 12.2. The van der Waals surface area contributed by atoms with Crippen LogP contribution in [-0.2, 0) is 4.79 Å². The third kappa shape index (κ3) is 5.49. The highest BCUT2D eigenvalue weighted by Crippen LogP contribution is 2.25. The number of carbonyl (C=O) groups is 2. The number of ketones is 1. The van der Waals surface area contributed by atoms with Gasteiger partial charge in [0.05, 0.1) is 24.0 Å². The van der Waals surface area contributed by atoms with E-state index in [1.807, 2.05) is 0 Å². The molecule has 0 spiro atoms. The smallest absolute Gasteiger partial charge is 0.187 e. The first-order chi connectivity index (χ1) is 12.1. The number of nitrogens with one attached hydrogen (secondary N) is 1. The van der Waals surface area contributed by atoms with E-state index in [9.17, 15) is 14.7 Å². The maximum Gasteiger partial charge on any atom is 0.187 e. The Hall–Kier alpha value is -3.08. The zero-order valence-electron chi connectivity index (χ0n) is 14.0. The number of hydrogen-bond donors (Lipinski definition) is 1. The molecule has 0 aliphatic carbocycles. The molecule has 0 unspecified atom stereocenters. The Morgan fingerprint density at radius 3 is 2.44 bits per heavy atom. The molecule has 0 heterocycles. The fourth-order valence-corrected chi connectivity index (χ4v) is 2.13. The van der Waals surface area contributed by atoms with Crippen molar-refractivity contribution in [2.75, 3.05) is 11.9 Å². The van der Waals surface area contributed by atoms with Crippen molar-refractivity contribution in [1.82, 2.24) is 0 Å². The van der Waals surface area contributed by atoms with Crippen molar-refractivity contribution in [2.24, 2.45) is 0 Å². The predicted molar refractivity (Wildman–Crippen MR) is 94.3 cm³/mol. The number of benzene rings is 2. The van der Waals surface area contributed by atoms with Crippen LogP contribution in [-0.4, -0.2) is 18.4 Å². The van der Waals surface area contributed by atoms with E-state index >= 15 is 0 Å². The van der Waals surface area contributed by atoms with Gasteiger partial charge < -0.3 is 20.0 Å². The average Bonchev–Trinajstić information content (AvgIpc) is 2.63. The van der Waals surface area contributed by atoms with Crippen molar-refractivity contribution < 1.29 is 19.4 Å². The predicted octanol–water partition coefficient (Wildman–Crippen LogP) is 2.79. The molecule has 0 aliphatic rings. The van der Waals surface area contributed by atoms with Crippen LogP contribution in [0.15, 0.2) is 66.4 Å². The standard InChI is InChI=1S/C20H21NO4/c1-2-3-13-25-19-12-8-7-11-16(19)21-17(20(23)24)14-18(22)15-9-5-4-6-10-15/h4-12,14,21H,2-3,13H2,1H3,(H,23,24)/p-1. The van der Waals surface area contributed by atoms with E-state index in [1.54, 1.807) is 54.6 Å². The van der Waals surface area contributed by atoms with Crippen LogP contribution in [0.4, 0.5) is 5.69 Å². The lowest BCUT2D eigenvalue weighted by atomic mass is 10.1. The number of unbranched alkanes of at least 4 members (excludes halogenated alkanes) is 1. The number of hydrogen-bond acceptors (Lipinski definition) is 5. The highest BCUT2D eigenvalue weighted by molar-refractivity contribution is 6.09. The Bertz CT molecular complexity index is 753. The number of anilines is 1. The Morgan fingerprint density at radius 2 is 1.76 bits per heavy atom. The van der Waals surface area contributed by atoms with E-state index in [4.69, 9.17) is 4.74 Å². The van der Waals surface area contributed by atoms with Crippen LogP contribution in [0.5, 0.6) is 5.75 Å². The van der Waals surface area contributed by atoms with Gasteiger partial charge in [0.25, 0.3) is 0 Å². The Labute approximate surface area is 146 Å². The number of aliphatic carboxylic acids is 1. The lowest BCUT2D eigenvalue weighted by molar-refractivity contribution is -0.299. The van der Waals surface area contributed by atoms with E-state index in [2.05, 4.69) is 12.2 Å². The largest absolute Gasteiger partial charge is 0.543 e. The van der Waals surface area contributed by atoms with Crippen LogP contribution in [0, 0.1) is 0 Å². The zero-order chi connectivity index (χ0) is 18.1. The minimum atomic E-state index is -1.47. The van der Waals surface area contributed by atoms with Crippen LogP contribution >= 0.6 is 0 Å². The Morgan fingerprint density at radius 1 is 1.08 bits per heavy atom. The van der Waals surface area contributed by atoms with Gasteiger partial charge in [0.1, 0.15) is 5.75 Å². The van der Waals surface area contributed by atoms with Crippen molar-refractivity contribution in [3.8, 4) is 5.75 Å². The van der Waals surface area contributed by atoms with Crippen molar-refractivity contribution in [2.45, 2.75) is 19.8 Å². The first-order valence-corrected chi connectivity index (χ1v) is 8.13. The van der Waals surface area contributed by atoms with E-state index < -0.39 is 11.8 Å². The molecule has 130 valence electrons. The molecule has 0 aromatic heterocycles. The van der Waals surface area contributed by atoms with E-state index in [1.165, 1.54) is 0 Å². The summed E-state index contributed by atoms with van der Waals surface area (Å²) in [5, 5.41) is 14.1. The monoisotopic (exact) mass is 338 g/mol. The molecule has 0 saturated heterocycles. The number of ether oxygens (including phenoxy) is 1. The highest BCUT2D eigenvalue weighted by atomic mass is 16.5. The summed E-state index contributed by atoms with van der Waals surface area (Å²) in [6.07, 6.45) is 2.91. The highest BCUT2D eigenvalue weighted by Gasteiger charge is 2.09. The van der Waals surface area contributed by atoms with Crippen molar-refractivity contribution >= 4 is 17.4 Å². The summed E-state index contributed by atoms with van der Waals surface area (Å²) < 4.78 is 5.66.